The molecular formula is C45H72O16. The average Bonchev–Trinajstić information content (AvgIpc) is 3.68. The summed E-state index contributed by atoms with van der Waals surface area (Å²) in [4.78, 5) is 0. The Bertz CT molecular complexity index is 1590. The third-order valence-electron chi connectivity index (χ3n) is 17.6. The van der Waals surface area contributed by atoms with Crippen molar-refractivity contribution in [3.05, 3.63) is 11.6 Å². The van der Waals surface area contributed by atoms with Gasteiger partial charge in [-0.05, 0) is 106 Å². The number of rotatable bonds is 7. The molecule has 0 bridgehead atoms. The number of hydrogen-bond acceptors (Lipinski definition) is 16. The van der Waals surface area contributed by atoms with Gasteiger partial charge in [0, 0.05) is 12.3 Å². The molecule has 8 fully saturated rings. The molecule has 16 heteroatoms. The van der Waals surface area contributed by atoms with Crippen molar-refractivity contribution in [1.29, 1.82) is 0 Å². The fraction of sp³-hybridized carbons (Fsp3) is 0.956. The summed E-state index contributed by atoms with van der Waals surface area (Å²) < 4.78 is 49.7. The van der Waals surface area contributed by atoms with Gasteiger partial charge in [-0.3, -0.25) is 0 Å². The minimum absolute atomic E-state index is 0.0171. The lowest BCUT2D eigenvalue weighted by Gasteiger charge is -2.58. The van der Waals surface area contributed by atoms with Crippen molar-refractivity contribution in [2.75, 3.05) is 13.2 Å². The van der Waals surface area contributed by atoms with Crippen LogP contribution in [0.3, 0.4) is 0 Å². The van der Waals surface area contributed by atoms with Crippen molar-refractivity contribution >= 4 is 0 Å². The first-order chi connectivity index (χ1) is 28.9. The summed E-state index contributed by atoms with van der Waals surface area (Å²) in [5.74, 6) is 2.64. The Hall–Kier alpha value is -0.900. The van der Waals surface area contributed by atoms with Gasteiger partial charge in [-0.15, -0.1) is 0 Å². The summed E-state index contributed by atoms with van der Waals surface area (Å²) in [6.45, 7) is 13.0. The highest BCUT2D eigenvalue weighted by Gasteiger charge is 2.69. The molecule has 0 amide bonds. The van der Waals surface area contributed by atoms with Crippen molar-refractivity contribution in [3.63, 3.8) is 0 Å². The summed E-state index contributed by atoms with van der Waals surface area (Å²) in [7, 11) is 0. The second-order valence-corrected chi connectivity index (χ2v) is 21.1. The number of allylic oxidation sites excluding steroid dienone is 1. The van der Waals surface area contributed by atoms with E-state index in [0.29, 0.717) is 48.3 Å². The van der Waals surface area contributed by atoms with Crippen LogP contribution in [0.2, 0.25) is 0 Å². The first-order valence-electron chi connectivity index (χ1n) is 23.2. The van der Waals surface area contributed by atoms with Crippen LogP contribution in [0.15, 0.2) is 11.6 Å². The van der Waals surface area contributed by atoms with Crippen LogP contribution in [0.25, 0.3) is 0 Å². The van der Waals surface area contributed by atoms with Crippen molar-refractivity contribution in [2.45, 2.75) is 209 Å². The molecule has 0 aromatic rings. The molecule has 4 aliphatic carbocycles. The van der Waals surface area contributed by atoms with Crippen molar-refractivity contribution < 1.29 is 78.7 Å². The normalized spacial score (nSPS) is 58.4. The van der Waals surface area contributed by atoms with Crippen molar-refractivity contribution in [3.8, 4) is 0 Å². The van der Waals surface area contributed by atoms with E-state index in [9.17, 15) is 40.9 Å². The molecule has 0 aromatic heterocycles. The monoisotopic (exact) mass is 868 g/mol. The quantitative estimate of drug-likeness (QED) is 0.168. The van der Waals surface area contributed by atoms with Crippen LogP contribution in [0, 0.1) is 46.3 Å². The predicted molar refractivity (Wildman–Crippen MR) is 213 cm³/mol. The molecule has 348 valence electrons. The summed E-state index contributed by atoms with van der Waals surface area (Å²) in [5.41, 5.74) is 1.53. The first-order valence-corrected chi connectivity index (χ1v) is 23.2. The van der Waals surface area contributed by atoms with E-state index in [-0.39, 0.29) is 23.0 Å². The molecule has 0 radical (unpaired) electrons. The lowest BCUT2D eigenvalue weighted by atomic mass is 9.47. The summed E-state index contributed by atoms with van der Waals surface area (Å²) in [6.07, 6.45) is -9.94. The molecular weight excluding hydrogens is 796 g/mol. The lowest BCUT2D eigenvalue weighted by molar-refractivity contribution is -0.374. The molecule has 16 nitrogen and oxygen atoms in total. The first kappa shape index (κ1) is 45.3. The Kier molecular flexibility index (Phi) is 12.4. The zero-order chi connectivity index (χ0) is 43.5. The number of ether oxygens (including phenoxy) is 8. The van der Waals surface area contributed by atoms with E-state index in [1.54, 1.807) is 0 Å². The molecule has 9 aliphatic rings. The van der Waals surface area contributed by atoms with E-state index in [2.05, 4.69) is 33.8 Å². The van der Waals surface area contributed by atoms with Gasteiger partial charge in [0.25, 0.3) is 0 Å². The van der Waals surface area contributed by atoms with Crippen LogP contribution in [0.1, 0.15) is 99.3 Å². The van der Waals surface area contributed by atoms with Gasteiger partial charge in [0.05, 0.1) is 37.6 Å². The molecule has 3 saturated carbocycles. The highest BCUT2D eigenvalue weighted by atomic mass is 16.8. The van der Waals surface area contributed by atoms with Gasteiger partial charge in [0.2, 0.25) is 0 Å². The smallest absolute Gasteiger partial charge is 0.187 e. The number of aliphatic hydroxyl groups is 8. The van der Waals surface area contributed by atoms with E-state index in [1.165, 1.54) is 25.8 Å². The average molecular weight is 869 g/mol. The summed E-state index contributed by atoms with van der Waals surface area (Å²) in [5, 5.41) is 85.6. The minimum atomic E-state index is -1.68. The van der Waals surface area contributed by atoms with Gasteiger partial charge < -0.3 is 78.7 Å². The largest absolute Gasteiger partial charge is 0.388 e. The maximum atomic E-state index is 11.6. The van der Waals surface area contributed by atoms with E-state index < -0.39 is 105 Å². The van der Waals surface area contributed by atoms with Crippen LogP contribution < -0.4 is 0 Å². The lowest BCUT2D eigenvalue weighted by Crippen LogP contribution is -2.65. The van der Waals surface area contributed by atoms with Crippen LogP contribution in [0.4, 0.5) is 0 Å². The zero-order valence-electron chi connectivity index (χ0n) is 36.5. The maximum Gasteiger partial charge on any atom is 0.187 e. The Labute approximate surface area is 358 Å². The Morgan fingerprint density at radius 2 is 1.38 bits per heavy atom. The van der Waals surface area contributed by atoms with Gasteiger partial charge >= 0.3 is 0 Å². The molecule has 61 heavy (non-hydrogen) atoms. The number of aliphatic hydroxyl groups excluding tert-OH is 8. The standard InChI is InChI=1S/C45H72O16/c1-19-9-14-45(55-17-19)20(2)30-28(61-45)16-27-25-8-7-23-15-24(10-12-43(23,5)26(25)11-13-44(27,30)6)58-42-39(60-41-38(53)35(50)32(47)22(4)57-41)36(51)33(48)29(59-42)18-54-40-37(52)34(49)31(46)21(3)56-40/h7,19-22,24-42,46-53H,8-18H2,1-6H3/t19-,20+,21+,22+,24-,25-,26+,27+,28+,29-,30+,31+,32+,33-,34-,35-,36+,37-,38-,39-,40-,41+,42-,43+,44+,45-/m1/s1. The minimum Gasteiger partial charge on any atom is -0.388 e. The van der Waals surface area contributed by atoms with Gasteiger partial charge in [0.15, 0.2) is 24.7 Å². The molecule has 5 saturated heterocycles. The summed E-state index contributed by atoms with van der Waals surface area (Å²) >= 11 is 0. The Balaban J connectivity index is 0.902. The Morgan fingerprint density at radius 3 is 2.07 bits per heavy atom. The number of fused-ring (bicyclic) bond motifs is 7. The van der Waals surface area contributed by atoms with E-state index in [0.717, 1.165) is 45.1 Å². The zero-order valence-corrected chi connectivity index (χ0v) is 36.5. The van der Waals surface area contributed by atoms with Crippen LogP contribution in [0.5, 0.6) is 0 Å². The molecule has 0 aromatic carbocycles. The van der Waals surface area contributed by atoms with Crippen molar-refractivity contribution in [2.24, 2.45) is 46.3 Å². The highest BCUT2D eigenvalue weighted by molar-refractivity contribution is 5.26. The van der Waals surface area contributed by atoms with Crippen LogP contribution in [-0.2, 0) is 37.9 Å². The molecule has 5 heterocycles. The second-order valence-electron chi connectivity index (χ2n) is 21.1. The molecule has 1 spiro atoms. The Morgan fingerprint density at radius 1 is 0.689 bits per heavy atom. The van der Waals surface area contributed by atoms with Gasteiger partial charge in [-0.25, -0.2) is 0 Å². The summed E-state index contributed by atoms with van der Waals surface area (Å²) in [6, 6.07) is 0. The van der Waals surface area contributed by atoms with E-state index in [1.807, 2.05) is 0 Å². The van der Waals surface area contributed by atoms with E-state index >= 15 is 0 Å². The molecule has 5 aliphatic heterocycles. The highest BCUT2D eigenvalue weighted by Crippen LogP contribution is 2.70. The third kappa shape index (κ3) is 7.52. The molecule has 0 unspecified atom stereocenters. The molecule has 9 rings (SSSR count). The topological polar surface area (TPSA) is 236 Å². The van der Waals surface area contributed by atoms with Crippen LogP contribution in [-0.4, -0.2) is 164 Å². The fourth-order valence-corrected chi connectivity index (χ4v) is 13.9. The maximum absolute atomic E-state index is 11.6. The molecule has 26 atom stereocenters. The second kappa shape index (κ2) is 16.8. The SMILES string of the molecule is C[C@@H]1CC[C@@]2(OC1)O[C@H]1C[C@H]3[C@@H]4CC=C5C[C@H](O[C@@H]6O[C@H](CO[C@@H]7O[C@@H](C)[C@H](O)[C@@H](O)[C@H]7O)[C@@H](O)[C@H](O)[C@H]6O[C@@H]6O[C@@H](C)[C@H](O)[C@@H](O)[C@H]6O)CC[C@]5(C)[C@H]4CC[C@]3(C)[C@H]1[C@@H]2C. The number of hydrogen-bond donors (Lipinski definition) is 8. The van der Waals surface area contributed by atoms with Crippen LogP contribution >= 0.6 is 0 Å². The van der Waals surface area contributed by atoms with E-state index in [4.69, 9.17) is 37.9 Å². The van der Waals surface area contributed by atoms with Gasteiger partial charge in [-0.1, -0.05) is 39.3 Å². The van der Waals surface area contributed by atoms with Gasteiger partial charge in [-0.2, -0.15) is 0 Å². The van der Waals surface area contributed by atoms with Gasteiger partial charge in [0.1, 0.15) is 61.0 Å². The van der Waals surface area contributed by atoms with Crippen molar-refractivity contribution in [1.82, 2.24) is 0 Å². The predicted octanol–water partition coefficient (Wildman–Crippen LogP) is 1.24. The third-order valence-corrected chi connectivity index (χ3v) is 17.6. The molecule has 8 N–H and O–H groups in total. The fourth-order valence-electron chi connectivity index (χ4n) is 13.9.